The fourth-order valence-electron chi connectivity index (χ4n) is 3.89. The Labute approximate surface area is 150 Å². The molecule has 1 aliphatic heterocycles. The van der Waals surface area contributed by atoms with Crippen LogP contribution in [0.3, 0.4) is 0 Å². The molecule has 1 fully saturated rings. The zero-order valence-corrected chi connectivity index (χ0v) is 15.2. The Balaban J connectivity index is 1.53. The van der Waals surface area contributed by atoms with Crippen LogP contribution in [0.4, 0.5) is 0 Å². The van der Waals surface area contributed by atoms with Crippen LogP contribution in [0.5, 0.6) is 5.75 Å². The van der Waals surface area contributed by atoms with E-state index >= 15 is 0 Å². The maximum Gasteiger partial charge on any atom is 0.115 e. The fourth-order valence-corrected chi connectivity index (χ4v) is 3.89. The van der Waals surface area contributed by atoms with Crippen LogP contribution >= 0.6 is 0 Å². The van der Waals surface area contributed by atoms with Gasteiger partial charge in [-0.15, -0.1) is 0 Å². The Morgan fingerprint density at radius 3 is 2.40 bits per heavy atom. The van der Waals surface area contributed by atoms with Gasteiger partial charge in [-0.2, -0.15) is 0 Å². The van der Waals surface area contributed by atoms with Crippen molar-refractivity contribution < 1.29 is 10.2 Å². The molecule has 0 aromatic heterocycles. The first-order valence-corrected chi connectivity index (χ1v) is 9.29. The van der Waals surface area contributed by atoms with Gasteiger partial charge in [0.25, 0.3) is 0 Å². The Hall–Kier alpha value is -1.84. The highest BCUT2D eigenvalue weighted by Crippen LogP contribution is 2.28. The second-order valence-corrected chi connectivity index (χ2v) is 7.45. The highest BCUT2D eigenvalue weighted by molar-refractivity contribution is 5.28. The average molecular weight is 339 g/mol. The van der Waals surface area contributed by atoms with Gasteiger partial charge < -0.3 is 10.2 Å². The summed E-state index contributed by atoms with van der Waals surface area (Å²) in [6.45, 7) is 6.32. The molecular weight excluding hydrogens is 310 g/mol. The quantitative estimate of drug-likeness (QED) is 0.863. The van der Waals surface area contributed by atoms with E-state index in [9.17, 15) is 10.2 Å². The summed E-state index contributed by atoms with van der Waals surface area (Å²) in [5.74, 6) is 0.969. The first kappa shape index (κ1) is 18.0. The molecule has 0 aliphatic carbocycles. The lowest BCUT2D eigenvalue weighted by Crippen LogP contribution is -2.43. The van der Waals surface area contributed by atoms with E-state index in [-0.39, 0.29) is 11.8 Å². The van der Waals surface area contributed by atoms with Crippen LogP contribution in [0.25, 0.3) is 0 Å². The second-order valence-electron chi connectivity index (χ2n) is 7.45. The molecule has 2 aromatic carbocycles. The lowest BCUT2D eigenvalue weighted by atomic mass is 9.88. The summed E-state index contributed by atoms with van der Waals surface area (Å²) < 4.78 is 0. The van der Waals surface area contributed by atoms with Crippen molar-refractivity contribution in [2.24, 2.45) is 5.92 Å². The molecule has 2 aromatic rings. The third kappa shape index (κ3) is 4.62. The van der Waals surface area contributed by atoms with Crippen LogP contribution < -0.4 is 0 Å². The first-order chi connectivity index (χ1) is 12.0. The van der Waals surface area contributed by atoms with E-state index in [2.05, 4.69) is 43.0 Å². The first-order valence-electron chi connectivity index (χ1n) is 9.29. The van der Waals surface area contributed by atoms with Crippen molar-refractivity contribution in [3.05, 3.63) is 65.2 Å². The van der Waals surface area contributed by atoms with Crippen LogP contribution in [-0.4, -0.2) is 34.2 Å². The Morgan fingerprint density at radius 1 is 1.08 bits per heavy atom. The fraction of sp³-hybridized carbons (Fsp3) is 0.455. The molecule has 25 heavy (non-hydrogen) atoms. The Kier molecular flexibility index (Phi) is 5.77. The number of phenolic OH excluding ortho intramolecular Hbond substituents is 1. The molecular formula is C22H29NO2. The van der Waals surface area contributed by atoms with Crippen molar-refractivity contribution in [1.82, 2.24) is 4.90 Å². The number of phenols is 1. The maximum absolute atomic E-state index is 10.6. The SMILES string of the molecule is Cc1cccc(CC2CCN(C(C)C(O)c3ccc(O)cc3)CC2)c1. The van der Waals surface area contributed by atoms with Crippen molar-refractivity contribution in [2.75, 3.05) is 13.1 Å². The summed E-state index contributed by atoms with van der Waals surface area (Å²) >= 11 is 0. The Bertz CT molecular complexity index is 675. The van der Waals surface area contributed by atoms with Gasteiger partial charge in [0.15, 0.2) is 0 Å². The highest BCUT2D eigenvalue weighted by atomic mass is 16.3. The van der Waals surface area contributed by atoms with Gasteiger partial charge in [-0.25, -0.2) is 0 Å². The minimum Gasteiger partial charge on any atom is -0.508 e. The molecule has 0 saturated carbocycles. The molecule has 0 bridgehead atoms. The largest absolute Gasteiger partial charge is 0.508 e. The number of aliphatic hydroxyl groups excluding tert-OH is 1. The summed E-state index contributed by atoms with van der Waals surface area (Å²) in [7, 11) is 0. The number of likely N-dealkylation sites (tertiary alicyclic amines) is 1. The third-order valence-corrected chi connectivity index (χ3v) is 5.52. The van der Waals surface area contributed by atoms with Crippen molar-refractivity contribution in [3.8, 4) is 5.75 Å². The van der Waals surface area contributed by atoms with Crippen molar-refractivity contribution in [1.29, 1.82) is 0 Å². The van der Waals surface area contributed by atoms with Crippen LogP contribution in [0.15, 0.2) is 48.5 Å². The minimum absolute atomic E-state index is 0.0875. The van der Waals surface area contributed by atoms with Gasteiger partial charge in [-0.05, 0) is 75.4 Å². The molecule has 134 valence electrons. The normalized spacial score (nSPS) is 18.8. The zero-order valence-electron chi connectivity index (χ0n) is 15.2. The van der Waals surface area contributed by atoms with Gasteiger partial charge >= 0.3 is 0 Å². The van der Waals surface area contributed by atoms with Crippen LogP contribution in [-0.2, 0) is 6.42 Å². The molecule has 3 rings (SSSR count). The second kappa shape index (κ2) is 8.03. The lowest BCUT2D eigenvalue weighted by molar-refractivity contribution is 0.0373. The highest BCUT2D eigenvalue weighted by Gasteiger charge is 2.27. The predicted octanol–water partition coefficient (Wildman–Crippen LogP) is 4.08. The molecule has 1 saturated heterocycles. The Morgan fingerprint density at radius 2 is 1.76 bits per heavy atom. The predicted molar refractivity (Wildman–Crippen MR) is 102 cm³/mol. The van der Waals surface area contributed by atoms with Gasteiger partial charge in [-0.1, -0.05) is 42.0 Å². The average Bonchev–Trinajstić information content (AvgIpc) is 2.62. The van der Waals surface area contributed by atoms with Crippen molar-refractivity contribution >= 4 is 0 Å². The molecule has 3 heteroatoms. The molecule has 2 N–H and O–H groups in total. The maximum atomic E-state index is 10.6. The van der Waals surface area contributed by atoms with Crippen LogP contribution in [0.2, 0.25) is 0 Å². The van der Waals surface area contributed by atoms with Gasteiger partial charge in [0.2, 0.25) is 0 Å². The number of hydrogen-bond acceptors (Lipinski definition) is 3. The lowest BCUT2D eigenvalue weighted by Gasteiger charge is -2.38. The molecule has 1 heterocycles. The van der Waals surface area contributed by atoms with E-state index in [1.165, 1.54) is 24.0 Å². The van der Waals surface area contributed by atoms with E-state index in [0.717, 1.165) is 31.0 Å². The summed E-state index contributed by atoms with van der Waals surface area (Å²) in [6.07, 6.45) is 3.00. The number of hydrogen-bond donors (Lipinski definition) is 2. The van der Waals surface area contributed by atoms with Gasteiger partial charge in [0.1, 0.15) is 5.75 Å². The van der Waals surface area contributed by atoms with Crippen molar-refractivity contribution in [2.45, 2.75) is 45.3 Å². The van der Waals surface area contributed by atoms with Crippen LogP contribution in [0, 0.1) is 12.8 Å². The van der Waals surface area contributed by atoms with Crippen LogP contribution in [0.1, 0.15) is 42.6 Å². The number of aryl methyl sites for hydroxylation is 1. The number of benzene rings is 2. The molecule has 2 atom stereocenters. The standard InChI is InChI=1S/C22H29NO2/c1-16-4-3-5-19(14-16)15-18-10-12-23(13-11-18)17(2)22(25)20-6-8-21(24)9-7-20/h3-9,14,17-18,22,24-25H,10-13,15H2,1-2H3. The minimum atomic E-state index is -0.520. The molecule has 2 unspecified atom stereocenters. The van der Waals surface area contributed by atoms with E-state index in [0.29, 0.717) is 0 Å². The smallest absolute Gasteiger partial charge is 0.115 e. The van der Waals surface area contributed by atoms with Gasteiger partial charge in [-0.3, -0.25) is 4.90 Å². The summed E-state index contributed by atoms with van der Waals surface area (Å²) in [6, 6.07) is 15.8. The van der Waals surface area contributed by atoms with E-state index < -0.39 is 6.10 Å². The summed E-state index contributed by atoms with van der Waals surface area (Å²) in [5.41, 5.74) is 3.64. The number of aliphatic hydroxyl groups is 1. The number of piperidine rings is 1. The van der Waals surface area contributed by atoms with E-state index in [4.69, 9.17) is 0 Å². The van der Waals surface area contributed by atoms with Gasteiger partial charge in [0.05, 0.1) is 6.10 Å². The van der Waals surface area contributed by atoms with E-state index in [1.54, 1.807) is 24.3 Å². The third-order valence-electron chi connectivity index (χ3n) is 5.52. The number of aromatic hydroxyl groups is 1. The van der Waals surface area contributed by atoms with Gasteiger partial charge in [0, 0.05) is 6.04 Å². The van der Waals surface area contributed by atoms with Crippen molar-refractivity contribution in [3.63, 3.8) is 0 Å². The number of nitrogens with zero attached hydrogens (tertiary/aromatic N) is 1. The molecule has 0 radical (unpaired) electrons. The molecule has 0 spiro atoms. The molecule has 0 amide bonds. The molecule has 1 aliphatic rings. The zero-order chi connectivity index (χ0) is 17.8. The number of rotatable bonds is 5. The molecule has 3 nitrogen and oxygen atoms in total. The monoisotopic (exact) mass is 339 g/mol. The van der Waals surface area contributed by atoms with E-state index in [1.807, 2.05) is 0 Å². The topological polar surface area (TPSA) is 43.7 Å². The summed E-state index contributed by atoms with van der Waals surface area (Å²) in [4.78, 5) is 2.39. The summed E-state index contributed by atoms with van der Waals surface area (Å²) in [5, 5.41) is 20.0.